The molecule has 0 amide bonds. The molecule has 1 aromatic heterocycles. The van der Waals surface area contributed by atoms with Crippen molar-refractivity contribution >= 4 is 17.3 Å². The molecule has 2 N–H and O–H groups in total. The van der Waals surface area contributed by atoms with Gasteiger partial charge in [0.2, 0.25) is 0 Å². The van der Waals surface area contributed by atoms with Gasteiger partial charge in [-0.15, -0.1) is 11.3 Å². The Hall–Kier alpha value is -1.07. The van der Waals surface area contributed by atoms with E-state index in [1.54, 1.807) is 11.3 Å². The van der Waals surface area contributed by atoms with Gasteiger partial charge in [0.1, 0.15) is 0 Å². The number of hydrogen-bond donors (Lipinski definition) is 2. The third-order valence-electron chi connectivity index (χ3n) is 3.63. The smallest absolute Gasteiger partial charge is 0.191 e. The number of hydrogen-bond acceptors (Lipinski definition) is 3. The molecule has 0 saturated carbocycles. The first-order valence-corrected chi connectivity index (χ1v) is 8.45. The van der Waals surface area contributed by atoms with Gasteiger partial charge in [0.05, 0.1) is 6.54 Å². The molecule has 1 saturated heterocycles. The highest BCUT2D eigenvalue weighted by molar-refractivity contribution is 7.09. The SMILES string of the molecule is CN=C(NCCCCN1CCCC1)NCc1cccs1. The van der Waals surface area contributed by atoms with Crippen LogP contribution in [-0.2, 0) is 6.54 Å². The number of nitrogens with one attached hydrogen (secondary N) is 2. The summed E-state index contributed by atoms with van der Waals surface area (Å²) in [6.07, 6.45) is 5.25. The van der Waals surface area contributed by atoms with Gasteiger partial charge in [-0.2, -0.15) is 0 Å². The van der Waals surface area contributed by atoms with E-state index < -0.39 is 0 Å². The monoisotopic (exact) mass is 294 g/mol. The lowest BCUT2D eigenvalue weighted by Gasteiger charge is -2.15. The summed E-state index contributed by atoms with van der Waals surface area (Å²) in [6.45, 7) is 5.71. The second-order valence-electron chi connectivity index (χ2n) is 5.19. The van der Waals surface area contributed by atoms with Gasteiger partial charge in [0, 0.05) is 18.5 Å². The molecule has 2 rings (SSSR count). The second kappa shape index (κ2) is 8.97. The third-order valence-corrected chi connectivity index (χ3v) is 4.50. The van der Waals surface area contributed by atoms with Gasteiger partial charge < -0.3 is 15.5 Å². The molecule has 0 unspecified atom stereocenters. The van der Waals surface area contributed by atoms with Gasteiger partial charge in [-0.1, -0.05) is 6.07 Å². The molecule has 0 spiro atoms. The van der Waals surface area contributed by atoms with Crippen LogP contribution in [0.3, 0.4) is 0 Å². The van der Waals surface area contributed by atoms with Crippen LogP contribution in [0.5, 0.6) is 0 Å². The maximum atomic E-state index is 4.25. The van der Waals surface area contributed by atoms with E-state index in [0.29, 0.717) is 0 Å². The number of guanidine groups is 1. The van der Waals surface area contributed by atoms with E-state index in [-0.39, 0.29) is 0 Å². The van der Waals surface area contributed by atoms with Gasteiger partial charge >= 0.3 is 0 Å². The summed E-state index contributed by atoms with van der Waals surface area (Å²) in [5.74, 6) is 0.902. The zero-order chi connectivity index (χ0) is 14.0. The first-order valence-electron chi connectivity index (χ1n) is 7.58. The first-order chi connectivity index (χ1) is 9.88. The Balaban J connectivity index is 1.52. The topological polar surface area (TPSA) is 39.7 Å². The number of unbranched alkanes of at least 4 members (excludes halogenated alkanes) is 1. The second-order valence-corrected chi connectivity index (χ2v) is 6.22. The summed E-state index contributed by atoms with van der Waals surface area (Å²) < 4.78 is 0. The number of thiophene rings is 1. The fourth-order valence-corrected chi connectivity index (χ4v) is 3.12. The molecule has 112 valence electrons. The highest BCUT2D eigenvalue weighted by Gasteiger charge is 2.09. The number of likely N-dealkylation sites (tertiary alicyclic amines) is 1. The Morgan fingerprint density at radius 1 is 1.30 bits per heavy atom. The van der Waals surface area contributed by atoms with Crippen LogP contribution in [0, 0.1) is 0 Å². The Labute approximate surface area is 126 Å². The predicted molar refractivity (Wildman–Crippen MR) is 87.4 cm³/mol. The molecular weight excluding hydrogens is 268 g/mol. The largest absolute Gasteiger partial charge is 0.356 e. The number of nitrogens with zero attached hydrogens (tertiary/aromatic N) is 2. The molecule has 1 aliphatic rings. The van der Waals surface area contributed by atoms with Gasteiger partial charge in [0.15, 0.2) is 5.96 Å². The average Bonchev–Trinajstić information content (AvgIpc) is 3.14. The van der Waals surface area contributed by atoms with E-state index in [9.17, 15) is 0 Å². The molecule has 0 aliphatic carbocycles. The van der Waals surface area contributed by atoms with Crippen molar-refractivity contribution in [1.82, 2.24) is 15.5 Å². The minimum absolute atomic E-state index is 0.852. The summed E-state index contributed by atoms with van der Waals surface area (Å²) in [7, 11) is 1.83. The van der Waals surface area contributed by atoms with Crippen molar-refractivity contribution < 1.29 is 0 Å². The van der Waals surface area contributed by atoms with Crippen LogP contribution in [-0.4, -0.2) is 44.1 Å². The van der Waals surface area contributed by atoms with Crippen molar-refractivity contribution in [2.24, 2.45) is 4.99 Å². The normalized spacial score (nSPS) is 16.6. The lowest BCUT2D eigenvalue weighted by atomic mass is 10.3. The molecule has 1 aromatic rings. The molecule has 20 heavy (non-hydrogen) atoms. The molecule has 1 fully saturated rings. The van der Waals surface area contributed by atoms with Gasteiger partial charge in [-0.25, -0.2) is 0 Å². The Morgan fingerprint density at radius 3 is 2.85 bits per heavy atom. The highest BCUT2D eigenvalue weighted by atomic mass is 32.1. The van der Waals surface area contributed by atoms with Crippen molar-refractivity contribution in [3.05, 3.63) is 22.4 Å². The predicted octanol–water partition coefficient (Wildman–Crippen LogP) is 2.29. The molecular formula is C15H26N4S. The lowest BCUT2D eigenvalue weighted by Crippen LogP contribution is -2.37. The van der Waals surface area contributed by atoms with Crippen LogP contribution in [0.25, 0.3) is 0 Å². The minimum Gasteiger partial charge on any atom is -0.356 e. The first kappa shape index (κ1) is 15.3. The van der Waals surface area contributed by atoms with Gasteiger partial charge in [-0.3, -0.25) is 4.99 Å². The van der Waals surface area contributed by atoms with Crippen molar-refractivity contribution in [2.75, 3.05) is 33.2 Å². The van der Waals surface area contributed by atoms with Gasteiger partial charge in [0.25, 0.3) is 0 Å². The van der Waals surface area contributed by atoms with Gasteiger partial charge in [-0.05, 0) is 56.8 Å². The van der Waals surface area contributed by atoms with Crippen molar-refractivity contribution in [1.29, 1.82) is 0 Å². The molecule has 0 aromatic carbocycles. The zero-order valence-corrected chi connectivity index (χ0v) is 13.2. The van der Waals surface area contributed by atoms with Crippen LogP contribution in [0.15, 0.2) is 22.5 Å². The summed E-state index contributed by atoms with van der Waals surface area (Å²) in [5, 5.41) is 8.83. The van der Waals surface area contributed by atoms with Crippen LogP contribution < -0.4 is 10.6 Å². The average molecular weight is 294 g/mol. The van der Waals surface area contributed by atoms with Crippen LogP contribution in [0.1, 0.15) is 30.6 Å². The third kappa shape index (κ3) is 5.51. The van der Waals surface area contributed by atoms with E-state index in [1.807, 2.05) is 7.05 Å². The summed E-state index contributed by atoms with van der Waals surface area (Å²) in [5.41, 5.74) is 0. The van der Waals surface area contributed by atoms with Crippen molar-refractivity contribution in [3.63, 3.8) is 0 Å². The Morgan fingerprint density at radius 2 is 2.15 bits per heavy atom. The molecule has 1 aliphatic heterocycles. The van der Waals surface area contributed by atoms with Crippen LogP contribution in [0.4, 0.5) is 0 Å². The molecule has 0 radical (unpaired) electrons. The van der Waals surface area contributed by atoms with E-state index in [1.165, 1.54) is 50.2 Å². The summed E-state index contributed by atoms with van der Waals surface area (Å²) in [6, 6.07) is 4.22. The molecule has 0 bridgehead atoms. The molecule has 2 heterocycles. The molecule has 5 heteroatoms. The quantitative estimate of drug-likeness (QED) is 0.460. The number of rotatable bonds is 7. The maximum Gasteiger partial charge on any atom is 0.191 e. The maximum absolute atomic E-state index is 4.25. The Bertz CT molecular complexity index is 383. The fourth-order valence-electron chi connectivity index (χ4n) is 2.48. The molecule has 4 nitrogen and oxygen atoms in total. The minimum atomic E-state index is 0.852. The lowest BCUT2D eigenvalue weighted by molar-refractivity contribution is 0.330. The Kier molecular flexibility index (Phi) is 6.88. The summed E-state index contributed by atoms with van der Waals surface area (Å²) >= 11 is 1.77. The van der Waals surface area contributed by atoms with E-state index in [4.69, 9.17) is 0 Å². The van der Waals surface area contributed by atoms with E-state index in [0.717, 1.165) is 19.0 Å². The highest BCUT2D eigenvalue weighted by Crippen LogP contribution is 2.08. The standard InChI is InChI=1S/C15H26N4S/c1-16-15(18-13-14-7-6-12-20-14)17-8-2-3-9-19-10-4-5-11-19/h6-7,12H,2-5,8-11,13H2,1H3,(H2,16,17,18). The molecule has 0 atom stereocenters. The zero-order valence-electron chi connectivity index (χ0n) is 12.4. The van der Waals surface area contributed by atoms with Crippen molar-refractivity contribution in [2.45, 2.75) is 32.2 Å². The number of aliphatic imine (C=N–C) groups is 1. The van der Waals surface area contributed by atoms with Crippen LogP contribution >= 0.6 is 11.3 Å². The fraction of sp³-hybridized carbons (Fsp3) is 0.667. The van der Waals surface area contributed by atoms with E-state index in [2.05, 4.69) is 38.0 Å². The van der Waals surface area contributed by atoms with E-state index >= 15 is 0 Å². The van der Waals surface area contributed by atoms with Crippen molar-refractivity contribution in [3.8, 4) is 0 Å². The van der Waals surface area contributed by atoms with Crippen LogP contribution in [0.2, 0.25) is 0 Å². The summed E-state index contributed by atoms with van der Waals surface area (Å²) in [4.78, 5) is 8.16.